The van der Waals surface area contributed by atoms with E-state index in [1.54, 1.807) is 0 Å². The number of hydrogen-bond donors (Lipinski definition) is 0. The highest BCUT2D eigenvalue weighted by Gasteiger charge is 2.72. The number of hydrogen-bond acceptors (Lipinski definition) is 0. The van der Waals surface area contributed by atoms with Gasteiger partial charge in [-0.15, -0.1) is 0 Å². The number of aromatic nitrogens is 2. The highest BCUT2D eigenvalue weighted by Crippen LogP contribution is 2.38. The van der Waals surface area contributed by atoms with E-state index in [1.165, 1.54) is 85.1 Å². The summed E-state index contributed by atoms with van der Waals surface area (Å²) in [5, 5.41) is 16.3. The van der Waals surface area contributed by atoms with E-state index in [0.717, 1.165) is 11.4 Å². The van der Waals surface area contributed by atoms with Gasteiger partial charge < -0.3 is 9.13 Å². The molecule has 0 saturated heterocycles. The Balaban J connectivity index is 1.16. The van der Waals surface area contributed by atoms with E-state index >= 15 is 0 Å². The fraction of sp³-hybridized carbons (Fsp3) is 0. The zero-order valence-corrected chi connectivity index (χ0v) is 45.6. The summed E-state index contributed by atoms with van der Waals surface area (Å²) in [5.74, 6) is 0. The Hall–Kier alpha value is -9.11. The van der Waals surface area contributed by atoms with E-state index in [9.17, 15) is 0 Å². The molecule has 0 aliphatic carbocycles. The van der Waals surface area contributed by atoms with Crippen LogP contribution >= 0.6 is 0 Å². The molecule has 77 heavy (non-hydrogen) atoms. The van der Waals surface area contributed by atoms with Crippen molar-refractivity contribution in [2.45, 2.75) is 0 Å². The number of benzene rings is 12. The molecule has 0 bridgehead atoms. The minimum atomic E-state index is -3.58. The molecule has 0 unspecified atom stereocenters. The summed E-state index contributed by atoms with van der Waals surface area (Å²) in [6.07, 6.45) is 0. The predicted octanol–water partition coefficient (Wildman–Crippen LogP) is 11.9. The summed E-state index contributed by atoms with van der Waals surface area (Å²) >= 11 is 0. The maximum Gasteiger partial charge on any atom is 0.148 e. The number of fused-ring (bicyclic) bond motifs is 6. The van der Waals surface area contributed by atoms with Crippen LogP contribution in [0.5, 0.6) is 0 Å². The summed E-state index contributed by atoms with van der Waals surface area (Å²) in [6, 6.07) is 126. The minimum absolute atomic E-state index is 1.15. The zero-order chi connectivity index (χ0) is 51.2. The molecule has 2 nitrogen and oxygen atoms in total. The van der Waals surface area contributed by atoms with Gasteiger partial charge in [-0.3, -0.25) is 0 Å². The quantitative estimate of drug-likeness (QED) is 0.0853. The van der Waals surface area contributed by atoms with Crippen LogP contribution in [-0.2, 0) is 0 Å². The highest BCUT2D eigenvalue weighted by molar-refractivity contribution is 7.89. The molecule has 12 aromatic carbocycles. The van der Waals surface area contributed by atoms with Crippen LogP contribution in [0, 0.1) is 0 Å². The summed E-state index contributed by atoms with van der Waals surface area (Å²) in [5.41, 5.74) is 7.07. The first kappa shape index (κ1) is 46.4. The van der Waals surface area contributed by atoms with Gasteiger partial charge in [-0.2, -0.15) is 0 Å². The maximum atomic E-state index is 2.63. The molecule has 14 aromatic rings. The largest absolute Gasteiger partial charge is 0.309 e. The fourth-order valence-corrected chi connectivity index (χ4v) is 59.2. The average molecular weight is 1030 g/mol. The Labute approximate surface area is 452 Å². The Morgan fingerprint density at radius 3 is 0.831 bits per heavy atom. The fourth-order valence-electron chi connectivity index (χ4n) is 13.9. The molecule has 0 aliphatic heterocycles. The van der Waals surface area contributed by atoms with Crippen LogP contribution in [0.15, 0.2) is 328 Å². The third kappa shape index (κ3) is 6.98. The van der Waals surface area contributed by atoms with Gasteiger partial charge in [-0.1, -0.05) is 315 Å². The molecule has 0 amide bonds. The topological polar surface area (TPSA) is 9.86 Å². The minimum Gasteiger partial charge on any atom is -0.309 e. The lowest BCUT2D eigenvalue weighted by Gasteiger charge is -2.59. The summed E-state index contributed by atoms with van der Waals surface area (Å²) in [7, 11) is -10.6. The van der Waals surface area contributed by atoms with Crippen LogP contribution in [0.3, 0.4) is 0 Å². The average Bonchev–Trinajstić information content (AvgIpc) is 3.99. The van der Waals surface area contributed by atoms with Crippen molar-refractivity contribution < 1.29 is 0 Å². The van der Waals surface area contributed by atoms with Crippen LogP contribution in [-0.4, -0.2) is 31.4 Å². The van der Waals surface area contributed by atoms with Crippen LogP contribution in [0.4, 0.5) is 0 Å². The molecule has 0 atom stereocenters. The molecular formula is C72H54N2Si3. The van der Waals surface area contributed by atoms with Gasteiger partial charge in [0.05, 0.1) is 22.1 Å². The van der Waals surface area contributed by atoms with Crippen molar-refractivity contribution in [3.05, 3.63) is 328 Å². The second-order valence-corrected chi connectivity index (χ2v) is 39.9. The molecule has 14 rings (SSSR count). The predicted molar refractivity (Wildman–Crippen MR) is 335 cm³/mol. The molecule has 364 valence electrons. The van der Waals surface area contributed by atoms with Gasteiger partial charge in [0.25, 0.3) is 0 Å². The van der Waals surface area contributed by atoms with Crippen molar-refractivity contribution >= 4 is 107 Å². The second-order valence-electron chi connectivity index (χ2n) is 20.3. The Morgan fingerprint density at radius 2 is 0.455 bits per heavy atom. The number of rotatable bonds is 12. The second kappa shape index (κ2) is 19.2. The molecular weight excluding hydrogens is 977 g/mol. The maximum absolute atomic E-state index is 3.58. The van der Waals surface area contributed by atoms with Crippen molar-refractivity contribution in [1.82, 2.24) is 9.13 Å². The molecule has 5 heteroatoms. The Kier molecular flexibility index (Phi) is 11.6. The molecule has 2 heterocycles. The Morgan fingerprint density at radius 1 is 0.182 bits per heavy atom. The lowest BCUT2D eigenvalue weighted by Crippen LogP contribution is -3.04. The van der Waals surface area contributed by atoms with Crippen LogP contribution in [0.1, 0.15) is 0 Å². The SMILES string of the molecule is c1ccc([Si](c2ccccc2)(c2ccccc2)[Si](c2ccccc2)(c2ccccc2)[Si](c2ccccc2)(c2ccccc2)c2cccc(-n3c4ccccc4c4cc(-n5c6ccccc6c6ccccc65)ccc43)c2)cc1. The molecule has 0 saturated carbocycles. The standard InChI is InChI=1S/C72H54N2Si3/c1-8-30-57(31-9-1)75(58-32-10-2-11-33-58,59-34-12-3-13-35-59)77(62-40-18-6-19-41-62,63-42-20-7-21-43-63)76(60-36-14-4-15-37-60,61-38-16-5-17-39-61)64-44-28-29-55(53-64)73-71-50-27-24-47-67(71)68-54-56(51-52-72(68)73)74-69-48-25-22-45-65(69)66-46-23-26-49-70(66)74/h1-54H. The number of nitrogens with zero attached hydrogens (tertiary/aromatic N) is 2. The lowest BCUT2D eigenvalue weighted by molar-refractivity contribution is 1.17. The van der Waals surface area contributed by atoms with E-state index in [0.29, 0.717) is 0 Å². The van der Waals surface area contributed by atoms with Gasteiger partial charge in [0, 0.05) is 32.9 Å². The smallest absolute Gasteiger partial charge is 0.148 e. The van der Waals surface area contributed by atoms with Crippen molar-refractivity contribution in [3.8, 4) is 11.4 Å². The van der Waals surface area contributed by atoms with Crippen LogP contribution in [0.2, 0.25) is 0 Å². The first-order valence-corrected chi connectivity index (χ1v) is 34.8. The lowest BCUT2D eigenvalue weighted by atomic mass is 10.1. The van der Waals surface area contributed by atoms with Crippen molar-refractivity contribution in [1.29, 1.82) is 0 Å². The van der Waals surface area contributed by atoms with Crippen LogP contribution < -0.4 is 41.5 Å². The van der Waals surface area contributed by atoms with Gasteiger partial charge in [0.2, 0.25) is 0 Å². The van der Waals surface area contributed by atoms with Gasteiger partial charge in [0.15, 0.2) is 0 Å². The monoisotopic (exact) mass is 1030 g/mol. The molecule has 0 aliphatic rings. The summed E-state index contributed by atoms with van der Waals surface area (Å²) in [6.45, 7) is 0. The van der Waals surface area contributed by atoms with Gasteiger partial charge in [-0.05, 0) is 53.7 Å². The van der Waals surface area contributed by atoms with Crippen LogP contribution in [0.25, 0.3) is 55.0 Å². The molecule has 0 spiro atoms. The van der Waals surface area contributed by atoms with E-state index in [2.05, 4.69) is 337 Å². The third-order valence-electron chi connectivity index (χ3n) is 16.6. The van der Waals surface area contributed by atoms with E-state index in [1.807, 2.05) is 0 Å². The number of para-hydroxylation sites is 3. The first-order chi connectivity index (χ1) is 38.2. The van der Waals surface area contributed by atoms with E-state index in [-0.39, 0.29) is 0 Å². The third-order valence-corrected chi connectivity index (χ3v) is 50.6. The van der Waals surface area contributed by atoms with E-state index < -0.39 is 22.3 Å². The van der Waals surface area contributed by atoms with Crippen molar-refractivity contribution in [2.24, 2.45) is 0 Å². The van der Waals surface area contributed by atoms with Gasteiger partial charge in [0.1, 0.15) is 22.3 Å². The molecule has 0 radical (unpaired) electrons. The van der Waals surface area contributed by atoms with Gasteiger partial charge >= 0.3 is 0 Å². The molecule has 0 N–H and O–H groups in total. The normalized spacial score (nSPS) is 12.2. The molecule has 0 fully saturated rings. The van der Waals surface area contributed by atoms with Crippen molar-refractivity contribution in [3.63, 3.8) is 0 Å². The highest BCUT2D eigenvalue weighted by atomic mass is 29.6. The Bertz CT molecular complexity index is 4140. The summed E-state index contributed by atoms with van der Waals surface area (Å²) in [4.78, 5) is 0. The zero-order valence-electron chi connectivity index (χ0n) is 42.6. The summed E-state index contributed by atoms with van der Waals surface area (Å²) < 4.78 is 4.99. The first-order valence-electron chi connectivity index (χ1n) is 26.8. The molecule has 2 aromatic heterocycles. The van der Waals surface area contributed by atoms with Gasteiger partial charge in [-0.25, -0.2) is 0 Å². The van der Waals surface area contributed by atoms with Crippen molar-refractivity contribution in [2.75, 3.05) is 0 Å². The van der Waals surface area contributed by atoms with E-state index in [4.69, 9.17) is 0 Å².